The highest BCUT2D eigenvalue weighted by molar-refractivity contribution is 6.21. The molecule has 0 fully saturated rings. The van der Waals surface area contributed by atoms with Crippen LogP contribution in [-0.4, -0.2) is 76.7 Å². The molecule has 164 valence electrons. The summed E-state index contributed by atoms with van der Waals surface area (Å²) in [4.78, 5) is 53.5. The number of fused-ring (bicyclic) bond motifs is 1. The van der Waals surface area contributed by atoms with Crippen LogP contribution in [-0.2, 0) is 11.8 Å². The third-order valence-electron chi connectivity index (χ3n) is 5.10. The molecule has 0 bridgehead atoms. The third kappa shape index (κ3) is 5.00. The van der Waals surface area contributed by atoms with Crippen molar-refractivity contribution in [3.63, 3.8) is 0 Å². The van der Waals surface area contributed by atoms with Crippen LogP contribution in [0.1, 0.15) is 44.0 Å². The van der Waals surface area contributed by atoms with Gasteiger partial charge >= 0.3 is 0 Å². The second-order valence-electron chi connectivity index (χ2n) is 7.71. The lowest BCUT2D eigenvalue weighted by Crippen LogP contribution is -2.48. The van der Waals surface area contributed by atoms with Gasteiger partial charge in [0.05, 0.1) is 11.1 Å². The minimum Gasteiger partial charge on any atom is -0.347 e. The Morgan fingerprint density at radius 3 is 2.16 bits per heavy atom. The summed E-state index contributed by atoms with van der Waals surface area (Å²) in [5.41, 5.74) is 3.78. The van der Waals surface area contributed by atoms with Crippen LogP contribution in [0.4, 0.5) is 0 Å². The quantitative estimate of drug-likeness (QED) is 0.506. The molecule has 31 heavy (non-hydrogen) atoms. The lowest BCUT2D eigenvalue weighted by molar-refractivity contribution is -0.125. The van der Waals surface area contributed by atoms with E-state index in [2.05, 4.69) is 5.43 Å². The Kier molecular flexibility index (Phi) is 6.86. The molecule has 0 aliphatic carbocycles. The fourth-order valence-electron chi connectivity index (χ4n) is 3.44. The summed E-state index contributed by atoms with van der Waals surface area (Å²) < 4.78 is 1.69. The van der Waals surface area contributed by atoms with Crippen molar-refractivity contribution in [1.29, 1.82) is 0 Å². The van der Waals surface area contributed by atoms with Crippen molar-refractivity contribution >= 4 is 23.6 Å². The lowest BCUT2D eigenvalue weighted by Gasteiger charge is -2.25. The average Bonchev–Trinajstić information content (AvgIpc) is 3.27. The van der Waals surface area contributed by atoms with Crippen molar-refractivity contribution in [2.24, 2.45) is 7.05 Å². The zero-order valence-electron chi connectivity index (χ0n) is 18.0. The van der Waals surface area contributed by atoms with Gasteiger partial charge in [0.15, 0.2) is 0 Å². The number of benzene rings is 1. The normalized spacial score (nSPS) is 13.0. The Morgan fingerprint density at radius 1 is 0.968 bits per heavy atom. The zero-order chi connectivity index (χ0) is 22.5. The molecule has 2 heterocycles. The molecule has 0 saturated heterocycles. The molecular weight excluding hydrogens is 398 g/mol. The first-order chi connectivity index (χ1) is 14.8. The molecule has 2 aromatic rings. The molecule has 9 nitrogen and oxygen atoms in total. The van der Waals surface area contributed by atoms with Crippen LogP contribution < -0.4 is 5.43 Å². The maximum absolute atomic E-state index is 12.9. The molecule has 3 rings (SSSR count). The van der Waals surface area contributed by atoms with Crippen LogP contribution in [0.15, 0.2) is 42.6 Å². The number of hydrazine groups is 1. The average molecular weight is 425 g/mol. The van der Waals surface area contributed by atoms with Gasteiger partial charge in [-0.05, 0) is 51.3 Å². The Labute approximate surface area is 181 Å². The molecule has 1 aliphatic rings. The number of imide groups is 1. The SMILES string of the molecule is CN(C)CCCN(NC(=O)CCN1C(=O)c2ccccc2C1=O)C(=O)c1cccn1C. The van der Waals surface area contributed by atoms with Gasteiger partial charge in [0.25, 0.3) is 17.7 Å². The highest BCUT2D eigenvalue weighted by Crippen LogP contribution is 2.22. The summed E-state index contributed by atoms with van der Waals surface area (Å²) in [5.74, 6) is -1.57. The van der Waals surface area contributed by atoms with Crippen LogP contribution >= 0.6 is 0 Å². The predicted octanol–water partition coefficient (Wildman–Crippen LogP) is 1.14. The van der Waals surface area contributed by atoms with E-state index in [1.165, 1.54) is 5.01 Å². The van der Waals surface area contributed by atoms with E-state index in [0.717, 1.165) is 11.4 Å². The molecule has 0 unspecified atom stereocenters. The van der Waals surface area contributed by atoms with Gasteiger partial charge in [-0.25, -0.2) is 5.01 Å². The Hall–Kier alpha value is -3.46. The summed E-state index contributed by atoms with van der Waals surface area (Å²) in [7, 11) is 5.63. The number of amides is 4. The molecule has 1 N–H and O–H groups in total. The number of hydrogen-bond donors (Lipinski definition) is 1. The summed E-state index contributed by atoms with van der Waals surface area (Å²) in [6.07, 6.45) is 2.33. The van der Waals surface area contributed by atoms with E-state index in [1.54, 1.807) is 54.2 Å². The van der Waals surface area contributed by atoms with Gasteiger partial charge in [-0.15, -0.1) is 0 Å². The molecule has 0 spiro atoms. The second-order valence-corrected chi connectivity index (χ2v) is 7.71. The highest BCUT2D eigenvalue weighted by Gasteiger charge is 2.35. The maximum Gasteiger partial charge on any atom is 0.288 e. The molecule has 1 aliphatic heterocycles. The lowest BCUT2D eigenvalue weighted by atomic mass is 10.1. The molecule has 1 aromatic carbocycles. The van der Waals surface area contributed by atoms with Crippen molar-refractivity contribution in [1.82, 2.24) is 24.8 Å². The minimum absolute atomic E-state index is 0.0535. The van der Waals surface area contributed by atoms with Gasteiger partial charge < -0.3 is 9.47 Å². The van der Waals surface area contributed by atoms with Gasteiger partial charge in [-0.1, -0.05) is 12.1 Å². The van der Waals surface area contributed by atoms with Gasteiger partial charge in [0.2, 0.25) is 5.91 Å². The standard InChI is InChI=1S/C22H27N5O4/c1-24(2)12-7-14-27(22(31)18-10-6-13-25(18)3)23-19(28)11-15-26-20(29)16-8-4-5-9-17(16)21(26)30/h4-6,8-10,13H,7,11-12,14-15H2,1-3H3,(H,23,28). The number of hydrogen-bond acceptors (Lipinski definition) is 5. The first kappa shape index (κ1) is 22.2. The number of nitrogens with zero attached hydrogens (tertiary/aromatic N) is 4. The van der Waals surface area contributed by atoms with Gasteiger partial charge in [0, 0.05) is 32.8 Å². The number of aromatic nitrogens is 1. The number of carbonyl (C=O) groups is 4. The Morgan fingerprint density at radius 2 is 1.61 bits per heavy atom. The Balaban J connectivity index is 1.62. The topological polar surface area (TPSA) is 95.0 Å². The monoisotopic (exact) mass is 425 g/mol. The molecule has 9 heteroatoms. The van der Waals surface area contributed by atoms with Gasteiger partial charge in [-0.3, -0.25) is 29.5 Å². The molecule has 0 radical (unpaired) electrons. The van der Waals surface area contributed by atoms with E-state index in [0.29, 0.717) is 29.8 Å². The number of carbonyl (C=O) groups excluding carboxylic acids is 4. The summed E-state index contributed by atoms with van der Waals surface area (Å²) in [6.45, 7) is 1.03. The van der Waals surface area contributed by atoms with E-state index in [4.69, 9.17) is 0 Å². The summed E-state index contributed by atoms with van der Waals surface area (Å²) in [6, 6.07) is 10.0. The number of rotatable bonds is 8. The maximum atomic E-state index is 12.9. The van der Waals surface area contributed by atoms with Crippen molar-refractivity contribution < 1.29 is 19.2 Å². The smallest absolute Gasteiger partial charge is 0.288 e. The fraction of sp³-hybridized carbons (Fsp3) is 0.364. The van der Waals surface area contributed by atoms with E-state index in [9.17, 15) is 19.2 Å². The van der Waals surface area contributed by atoms with Gasteiger partial charge in [-0.2, -0.15) is 0 Å². The van der Waals surface area contributed by atoms with E-state index < -0.39 is 17.7 Å². The van der Waals surface area contributed by atoms with Crippen LogP contribution in [0.5, 0.6) is 0 Å². The Bertz CT molecular complexity index is 962. The van der Waals surface area contributed by atoms with Crippen molar-refractivity contribution in [3.8, 4) is 0 Å². The van der Waals surface area contributed by atoms with E-state index in [1.807, 2.05) is 19.0 Å². The summed E-state index contributed by atoms with van der Waals surface area (Å²) >= 11 is 0. The van der Waals surface area contributed by atoms with Crippen LogP contribution in [0, 0.1) is 0 Å². The zero-order valence-corrected chi connectivity index (χ0v) is 18.0. The van der Waals surface area contributed by atoms with Crippen LogP contribution in [0.3, 0.4) is 0 Å². The second kappa shape index (κ2) is 9.57. The van der Waals surface area contributed by atoms with Crippen molar-refractivity contribution in [2.45, 2.75) is 12.8 Å². The fourth-order valence-corrected chi connectivity index (χ4v) is 3.44. The molecular formula is C22H27N5O4. The summed E-state index contributed by atoms with van der Waals surface area (Å²) in [5, 5.41) is 1.30. The molecule has 4 amide bonds. The molecule has 0 atom stereocenters. The predicted molar refractivity (Wildman–Crippen MR) is 114 cm³/mol. The first-order valence-electron chi connectivity index (χ1n) is 10.1. The minimum atomic E-state index is -0.441. The van der Waals surface area contributed by atoms with Crippen molar-refractivity contribution in [2.75, 3.05) is 33.7 Å². The molecule has 1 aromatic heterocycles. The number of aryl methyl sites for hydroxylation is 1. The highest BCUT2D eigenvalue weighted by atomic mass is 16.2. The van der Waals surface area contributed by atoms with E-state index in [-0.39, 0.29) is 18.9 Å². The number of nitrogens with one attached hydrogen (secondary N) is 1. The van der Waals surface area contributed by atoms with Gasteiger partial charge in [0.1, 0.15) is 5.69 Å². The largest absolute Gasteiger partial charge is 0.347 e. The van der Waals surface area contributed by atoms with Crippen LogP contribution in [0.2, 0.25) is 0 Å². The third-order valence-corrected chi connectivity index (χ3v) is 5.10. The molecule has 0 saturated carbocycles. The van der Waals surface area contributed by atoms with E-state index >= 15 is 0 Å². The van der Waals surface area contributed by atoms with Crippen LogP contribution in [0.25, 0.3) is 0 Å². The first-order valence-corrected chi connectivity index (χ1v) is 10.1. The van der Waals surface area contributed by atoms with Crippen molar-refractivity contribution in [3.05, 3.63) is 59.4 Å².